The Kier molecular flexibility index (Phi) is 6.97. The molecule has 0 saturated carbocycles. The van der Waals surface area contributed by atoms with Gasteiger partial charge in [0, 0.05) is 11.6 Å². The van der Waals surface area contributed by atoms with Crippen molar-refractivity contribution in [2.24, 2.45) is 5.10 Å². The van der Waals surface area contributed by atoms with Gasteiger partial charge in [0.2, 0.25) is 5.95 Å². The van der Waals surface area contributed by atoms with Gasteiger partial charge in [0.15, 0.2) is 5.75 Å². The minimum absolute atomic E-state index is 0.0536. The molecule has 156 valence electrons. The number of aromatic amines is 1. The highest BCUT2D eigenvalue weighted by Gasteiger charge is 2.11. The predicted octanol–water partition coefficient (Wildman–Crippen LogP) is 4.99. The van der Waals surface area contributed by atoms with Crippen molar-refractivity contribution in [3.8, 4) is 22.8 Å². The first-order chi connectivity index (χ1) is 14.4. The van der Waals surface area contributed by atoms with Crippen LogP contribution in [-0.2, 0) is 0 Å². The molecule has 1 heterocycles. The Morgan fingerprint density at radius 3 is 2.40 bits per heavy atom. The Balaban J connectivity index is 1.78. The lowest BCUT2D eigenvalue weighted by molar-refractivity contribution is 0.243. The summed E-state index contributed by atoms with van der Waals surface area (Å²) in [5, 5.41) is 4.86. The topological polar surface area (TPSA) is 88.6 Å². The number of anilines is 1. The van der Waals surface area contributed by atoms with E-state index in [0.29, 0.717) is 32.8 Å². The van der Waals surface area contributed by atoms with E-state index in [4.69, 9.17) is 32.7 Å². The summed E-state index contributed by atoms with van der Waals surface area (Å²) in [6.07, 6.45) is 1.46. The minimum Gasteiger partial charge on any atom is -0.497 e. The highest BCUT2D eigenvalue weighted by Crippen LogP contribution is 2.34. The first-order valence-electron chi connectivity index (χ1n) is 9.06. The van der Waals surface area contributed by atoms with Crippen LogP contribution < -0.4 is 20.5 Å². The number of ether oxygens (including phenoxy) is 2. The number of hydrogen-bond acceptors (Lipinski definition) is 6. The summed E-state index contributed by atoms with van der Waals surface area (Å²) in [7, 11) is 1.59. The quantitative estimate of drug-likeness (QED) is 0.394. The van der Waals surface area contributed by atoms with Gasteiger partial charge in [-0.25, -0.2) is 10.4 Å². The number of halogens is 2. The van der Waals surface area contributed by atoms with Crippen molar-refractivity contribution in [3.63, 3.8) is 0 Å². The Hall–Kier alpha value is -3.03. The SMILES string of the molecule is COc1ccc(-c2cc(=O)[nH]c(N/N=C\c3cc(Cl)c(OC(C)C)c(Cl)c3)n2)cc1. The van der Waals surface area contributed by atoms with Crippen LogP contribution in [0.25, 0.3) is 11.3 Å². The second-order valence-electron chi connectivity index (χ2n) is 6.56. The second-order valence-corrected chi connectivity index (χ2v) is 7.37. The highest BCUT2D eigenvalue weighted by atomic mass is 35.5. The molecule has 9 heteroatoms. The number of hydrazone groups is 1. The van der Waals surface area contributed by atoms with Crippen LogP contribution in [0, 0.1) is 0 Å². The molecule has 0 spiro atoms. The van der Waals surface area contributed by atoms with Crippen LogP contribution in [-0.4, -0.2) is 29.4 Å². The standard InChI is InChI=1S/C21H20Cl2N4O3/c1-12(2)30-20-16(22)8-13(9-17(20)23)11-24-27-21-25-18(10-19(28)26-21)14-4-6-15(29-3)7-5-14/h4-12H,1-3H3,(H2,25,26,27,28)/b24-11-. The number of benzene rings is 2. The van der Waals surface area contributed by atoms with Crippen LogP contribution in [0.1, 0.15) is 19.4 Å². The third-order valence-electron chi connectivity index (χ3n) is 3.89. The molecule has 0 bridgehead atoms. The Morgan fingerprint density at radius 2 is 1.80 bits per heavy atom. The van der Waals surface area contributed by atoms with E-state index in [1.807, 2.05) is 26.0 Å². The molecule has 0 amide bonds. The summed E-state index contributed by atoms with van der Waals surface area (Å²) in [5.41, 5.74) is 4.33. The predicted molar refractivity (Wildman–Crippen MR) is 120 cm³/mol. The number of methoxy groups -OCH3 is 1. The molecule has 0 radical (unpaired) electrons. The first-order valence-corrected chi connectivity index (χ1v) is 9.82. The molecule has 0 aliphatic rings. The number of H-pyrrole nitrogens is 1. The largest absolute Gasteiger partial charge is 0.497 e. The molecule has 0 unspecified atom stereocenters. The van der Waals surface area contributed by atoms with E-state index in [2.05, 4.69) is 20.5 Å². The molecule has 0 atom stereocenters. The smallest absolute Gasteiger partial charge is 0.252 e. The van der Waals surface area contributed by atoms with Gasteiger partial charge in [-0.1, -0.05) is 23.2 Å². The lowest BCUT2D eigenvalue weighted by Crippen LogP contribution is -2.10. The van der Waals surface area contributed by atoms with Crippen LogP contribution in [0.4, 0.5) is 5.95 Å². The molecule has 30 heavy (non-hydrogen) atoms. The van der Waals surface area contributed by atoms with Gasteiger partial charge in [0.05, 0.1) is 35.2 Å². The Morgan fingerprint density at radius 1 is 1.13 bits per heavy atom. The van der Waals surface area contributed by atoms with Crippen molar-refractivity contribution in [3.05, 3.63) is 68.4 Å². The zero-order valence-corrected chi connectivity index (χ0v) is 18.1. The van der Waals surface area contributed by atoms with E-state index >= 15 is 0 Å². The van der Waals surface area contributed by atoms with Crippen molar-refractivity contribution in [2.45, 2.75) is 20.0 Å². The van der Waals surface area contributed by atoms with Crippen molar-refractivity contribution in [2.75, 3.05) is 12.5 Å². The zero-order valence-electron chi connectivity index (χ0n) is 16.6. The third kappa shape index (κ3) is 5.52. The fourth-order valence-electron chi connectivity index (χ4n) is 2.59. The van der Waals surface area contributed by atoms with Crippen molar-refractivity contribution in [1.29, 1.82) is 0 Å². The van der Waals surface area contributed by atoms with Crippen LogP contribution in [0.5, 0.6) is 11.5 Å². The van der Waals surface area contributed by atoms with Crippen molar-refractivity contribution < 1.29 is 9.47 Å². The van der Waals surface area contributed by atoms with Crippen LogP contribution in [0.2, 0.25) is 10.0 Å². The average molecular weight is 447 g/mol. The second kappa shape index (κ2) is 9.65. The number of nitrogens with one attached hydrogen (secondary N) is 2. The maximum Gasteiger partial charge on any atom is 0.252 e. The molecule has 3 aromatic rings. The van der Waals surface area contributed by atoms with E-state index in [1.165, 1.54) is 12.3 Å². The molecule has 0 aliphatic carbocycles. The van der Waals surface area contributed by atoms with Gasteiger partial charge >= 0.3 is 0 Å². The summed E-state index contributed by atoms with van der Waals surface area (Å²) < 4.78 is 10.7. The summed E-state index contributed by atoms with van der Waals surface area (Å²) in [5.74, 6) is 1.34. The molecular formula is C21H20Cl2N4O3. The normalized spacial score (nSPS) is 11.1. The molecule has 7 nitrogen and oxygen atoms in total. The fourth-order valence-corrected chi connectivity index (χ4v) is 3.18. The lowest BCUT2D eigenvalue weighted by atomic mass is 10.1. The number of rotatable bonds is 7. The Labute approximate surface area is 183 Å². The highest BCUT2D eigenvalue weighted by molar-refractivity contribution is 6.37. The van der Waals surface area contributed by atoms with E-state index in [-0.39, 0.29) is 17.6 Å². The number of nitrogens with zero attached hydrogens (tertiary/aromatic N) is 2. The maximum absolute atomic E-state index is 12.0. The molecule has 3 rings (SSSR count). The van der Waals surface area contributed by atoms with Gasteiger partial charge in [0.25, 0.3) is 5.56 Å². The van der Waals surface area contributed by atoms with E-state index < -0.39 is 0 Å². The van der Waals surface area contributed by atoms with E-state index in [0.717, 1.165) is 5.56 Å². The van der Waals surface area contributed by atoms with Gasteiger partial charge in [0.1, 0.15) is 5.75 Å². The van der Waals surface area contributed by atoms with Gasteiger partial charge in [-0.3, -0.25) is 9.78 Å². The van der Waals surface area contributed by atoms with Crippen molar-refractivity contribution in [1.82, 2.24) is 9.97 Å². The number of hydrogen-bond donors (Lipinski definition) is 2. The molecular weight excluding hydrogens is 427 g/mol. The molecule has 2 N–H and O–H groups in total. The first kappa shape index (κ1) is 21.7. The number of aromatic nitrogens is 2. The maximum atomic E-state index is 12.0. The monoisotopic (exact) mass is 446 g/mol. The average Bonchev–Trinajstić information content (AvgIpc) is 2.70. The Bertz CT molecular complexity index is 1090. The van der Waals surface area contributed by atoms with Gasteiger partial charge in [-0.05, 0) is 55.8 Å². The summed E-state index contributed by atoms with van der Waals surface area (Å²) in [6, 6.07) is 12.0. The van der Waals surface area contributed by atoms with E-state index in [9.17, 15) is 4.79 Å². The van der Waals surface area contributed by atoms with Gasteiger partial charge < -0.3 is 9.47 Å². The molecule has 1 aromatic heterocycles. The fraction of sp³-hybridized carbons (Fsp3) is 0.190. The van der Waals surface area contributed by atoms with Crippen molar-refractivity contribution >= 4 is 35.4 Å². The summed E-state index contributed by atoms with van der Waals surface area (Å²) in [4.78, 5) is 19.0. The minimum atomic E-state index is -0.310. The molecule has 0 saturated heterocycles. The van der Waals surface area contributed by atoms with Gasteiger partial charge in [-0.15, -0.1) is 0 Å². The van der Waals surface area contributed by atoms with E-state index in [1.54, 1.807) is 31.4 Å². The summed E-state index contributed by atoms with van der Waals surface area (Å²) in [6.45, 7) is 3.78. The van der Waals surface area contributed by atoms with Crippen LogP contribution in [0.15, 0.2) is 52.4 Å². The molecule has 0 aliphatic heterocycles. The van der Waals surface area contributed by atoms with Crippen LogP contribution in [0.3, 0.4) is 0 Å². The molecule has 0 fully saturated rings. The molecule has 2 aromatic carbocycles. The summed E-state index contributed by atoms with van der Waals surface area (Å²) >= 11 is 12.5. The van der Waals surface area contributed by atoms with Crippen LogP contribution >= 0.6 is 23.2 Å². The third-order valence-corrected chi connectivity index (χ3v) is 4.45. The zero-order chi connectivity index (χ0) is 21.7. The van der Waals surface area contributed by atoms with Gasteiger partial charge in [-0.2, -0.15) is 5.10 Å². The lowest BCUT2D eigenvalue weighted by Gasteiger charge is -2.13.